The van der Waals surface area contributed by atoms with Crippen LogP contribution in [0.3, 0.4) is 0 Å². The Morgan fingerprint density at radius 3 is 2.40 bits per heavy atom. The van der Waals surface area contributed by atoms with Gasteiger partial charge < -0.3 is 14.5 Å². The Labute approximate surface area is 182 Å². The normalized spacial score (nSPS) is 14.8. The molecule has 30 heavy (non-hydrogen) atoms. The van der Waals surface area contributed by atoms with Gasteiger partial charge in [-0.15, -0.1) is 0 Å². The molecule has 2 aromatic carbocycles. The van der Waals surface area contributed by atoms with Crippen molar-refractivity contribution < 1.29 is 9.53 Å². The number of hydrogen-bond acceptors (Lipinski definition) is 4. The number of anilines is 1. The molecule has 156 valence electrons. The molecule has 0 bridgehead atoms. The van der Waals surface area contributed by atoms with Crippen LogP contribution in [0.15, 0.2) is 54.6 Å². The van der Waals surface area contributed by atoms with E-state index in [4.69, 9.17) is 21.3 Å². The minimum atomic E-state index is -0.951. The van der Waals surface area contributed by atoms with E-state index in [0.717, 1.165) is 24.4 Å². The van der Waals surface area contributed by atoms with Crippen molar-refractivity contribution in [3.63, 3.8) is 0 Å². The van der Waals surface area contributed by atoms with Crippen molar-refractivity contribution in [3.05, 3.63) is 65.2 Å². The van der Waals surface area contributed by atoms with E-state index in [0.29, 0.717) is 23.9 Å². The van der Waals surface area contributed by atoms with Crippen molar-refractivity contribution in [2.24, 2.45) is 0 Å². The van der Waals surface area contributed by atoms with Gasteiger partial charge in [-0.25, -0.2) is 4.98 Å². The molecular formula is C24H26ClN3O2. The van der Waals surface area contributed by atoms with Gasteiger partial charge in [-0.05, 0) is 62.7 Å². The van der Waals surface area contributed by atoms with Crippen molar-refractivity contribution in [1.82, 2.24) is 9.88 Å². The lowest BCUT2D eigenvalue weighted by Crippen LogP contribution is -2.56. The fourth-order valence-corrected chi connectivity index (χ4v) is 3.98. The number of para-hydroxylation sites is 1. The van der Waals surface area contributed by atoms with E-state index in [1.807, 2.05) is 36.9 Å². The molecular weight excluding hydrogens is 398 g/mol. The van der Waals surface area contributed by atoms with Crippen LogP contribution in [0.25, 0.3) is 10.9 Å². The van der Waals surface area contributed by atoms with Crippen LogP contribution in [0, 0.1) is 6.92 Å². The predicted octanol–water partition coefficient (Wildman–Crippen LogP) is 4.70. The number of carbonyl (C=O) groups is 1. The van der Waals surface area contributed by atoms with Gasteiger partial charge in [-0.3, -0.25) is 4.79 Å². The summed E-state index contributed by atoms with van der Waals surface area (Å²) < 4.78 is 5.97. The number of aryl methyl sites for hydroxylation is 1. The molecule has 0 aliphatic carbocycles. The largest absolute Gasteiger partial charge is 0.478 e. The molecule has 0 unspecified atom stereocenters. The molecule has 1 aliphatic rings. The summed E-state index contributed by atoms with van der Waals surface area (Å²) in [5.41, 5.74) is 1.27. The van der Waals surface area contributed by atoms with Gasteiger partial charge >= 0.3 is 0 Å². The van der Waals surface area contributed by atoms with Crippen LogP contribution in [0.4, 0.5) is 5.82 Å². The van der Waals surface area contributed by atoms with Crippen LogP contribution in [0.1, 0.15) is 19.4 Å². The highest BCUT2D eigenvalue weighted by atomic mass is 35.5. The van der Waals surface area contributed by atoms with Gasteiger partial charge in [0.2, 0.25) is 0 Å². The molecule has 1 fully saturated rings. The second-order valence-corrected chi connectivity index (χ2v) is 8.60. The summed E-state index contributed by atoms with van der Waals surface area (Å²) in [6.07, 6.45) is 0. The molecule has 0 spiro atoms. The van der Waals surface area contributed by atoms with Crippen LogP contribution < -0.4 is 9.64 Å². The van der Waals surface area contributed by atoms with Gasteiger partial charge in [0.25, 0.3) is 5.91 Å². The first-order chi connectivity index (χ1) is 14.3. The van der Waals surface area contributed by atoms with Crippen LogP contribution in [-0.2, 0) is 4.79 Å². The zero-order chi connectivity index (χ0) is 21.3. The van der Waals surface area contributed by atoms with Crippen LogP contribution in [-0.4, -0.2) is 47.6 Å². The van der Waals surface area contributed by atoms with Crippen molar-refractivity contribution in [2.45, 2.75) is 26.4 Å². The first-order valence-corrected chi connectivity index (χ1v) is 10.6. The lowest BCUT2D eigenvalue weighted by Gasteiger charge is -2.39. The Balaban J connectivity index is 1.42. The Kier molecular flexibility index (Phi) is 5.56. The van der Waals surface area contributed by atoms with Gasteiger partial charge in [0.15, 0.2) is 5.60 Å². The summed E-state index contributed by atoms with van der Waals surface area (Å²) >= 11 is 5.93. The maximum absolute atomic E-state index is 13.1. The van der Waals surface area contributed by atoms with Gasteiger partial charge in [-0.2, -0.15) is 0 Å². The molecule has 0 radical (unpaired) electrons. The second-order valence-electron chi connectivity index (χ2n) is 8.16. The highest BCUT2D eigenvalue weighted by Crippen LogP contribution is 2.25. The third kappa shape index (κ3) is 4.21. The summed E-state index contributed by atoms with van der Waals surface area (Å²) in [4.78, 5) is 22.1. The fourth-order valence-electron chi connectivity index (χ4n) is 3.85. The summed E-state index contributed by atoms with van der Waals surface area (Å²) in [6.45, 7) is 8.50. The van der Waals surface area contributed by atoms with E-state index in [2.05, 4.69) is 24.0 Å². The Hall–Kier alpha value is -2.79. The molecule has 5 nitrogen and oxygen atoms in total. The fraction of sp³-hybridized carbons (Fsp3) is 0.333. The lowest BCUT2D eigenvalue weighted by atomic mass is 10.1. The first-order valence-electron chi connectivity index (χ1n) is 10.2. The topological polar surface area (TPSA) is 45.7 Å². The van der Waals surface area contributed by atoms with Gasteiger partial charge in [0.05, 0.1) is 5.52 Å². The summed E-state index contributed by atoms with van der Waals surface area (Å²) in [5.74, 6) is 1.59. The first kappa shape index (κ1) is 20.5. The average molecular weight is 424 g/mol. The van der Waals surface area contributed by atoms with Crippen molar-refractivity contribution in [3.8, 4) is 5.75 Å². The summed E-state index contributed by atoms with van der Waals surface area (Å²) in [7, 11) is 0. The van der Waals surface area contributed by atoms with Crippen molar-refractivity contribution >= 4 is 34.2 Å². The van der Waals surface area contributed by atoms with Gasteiger partial charge in [0.1, 0.15) is 11.6 Å². The van der Waals surface area contributed by atoms with Crippen LogP contribution >= 0.6 is 11.6 Å². The number of fused-ring (bicyclic) bond motifs is 1. The molecule has 6 heteroatoms. The highest BCUT2D eigenvalue weighted by molar-refractivity contribution is 6.30. The molecule has 1 saturated heterocycles. The highest BCUT2D eigenvalue weighted by Gasteiger charge is 2.36. The molecule has 0 N–H and O–H groups in total. The molecule has 0 atom stereocenters. The van der Waals surface area contributed by atoms with E-state index in [1.54, 1.807) is 24.3 Å². The number of nitrogens with zero attached hydrogens (tertiary/aromatic N) is 3. The third-order valence-electron chi connectivity index (χ3n) is 5.50. The van der Waals surface area contributed by atoms with E-state index >= 15 is 0 Å². The number of pyridine rings is 1. The second kappa shape index (κ2) is 8.15. The average Bonchev–Trinajstić information content (AvgIpc) is 2.75. The number of halogens is 1. The van der Waals surface area contributed by atoms with E-state index in [1.165, 1.54) is 10.9 Å². The third-order valence-corrected chi connectivity index (χ3v) is 5.75. The number of ether oxygens (including phenoxy) is 1. The van der Waals surface area contributed by atoms with Gasteiger partial charge in [0, 0.05) is 36.6 Å². The number of aromatic nitrogens is 1. The molecule has 4 rings (SSSR count). The van der Waals surface area contributed by atoms with Crippen molar-refractivity contribution in [2.75, 3.05) is 31.1 Å². The minimum absolute atomic E-state index is 0.0141. The molecule has 1 amide bonds. The number of rotatable bonds is 4. The predicted molar refractivity (Wildman–Crippen MR) is 121 cm³/mol. The number of piperazine rings is 1. The minimum Gasteiger partial charge on any atom is -0.478 e. The number of amides is 1. The number of benzene rings is 2. The maximum Gasteiger partial charge on any atom is 0.266 e. The van der Waals surface area contributed by atoms with E-state index in [9.17, 15) is 4.79 Å². The number of carbonyl (C=O) groups excluding carboxylic acids is 1. The lowest BCUT2D eigenvalue weighted by molar-refractivity contribution is -0.145. The molecule has 3 aromatic rings. The quantitative estimate of drug-likeness (QED) is 0.610. The molecule has 1 aromatic heterocycles. The van der Waals surface area contributed by atoms with Crippen LogP contribution in [0.2, 0.25) is 5.02 Å². The summed E-state index contributed by atoms with van der Waals surface area (Å²) in [6, 6.07) is 17.4. The van der Waals surface area contributed by atoms with E-state index in [-0.39, 0.29) is 5.91 Å². The molecule has 2 heterocycles. The Morgan fingerprint density at radius 2 is 1.70 bits per heavy atom. The summed E-state index contributed by atoms with van der Waals surface area (Å²) in [5, 5.41) is 1.82. The van der Waals surface area contributed by atoms with Gasteiger partial charge in [-0.1, -0.05) is 29.8 Å². The molecule has 1 aliphatic heterocycles. The number of hydrogen-bond donors (Lipinski definition) is 0. The monoisotopic (exact) mass is 423 g/mol. The van der Waals surface area contributed by atoms with Crippen molar-refractivity contribution in [1.29, 1.82) is 0 Å². The SMILES string of the molecule is Cc1cc(N2CCN(C(=O)C(C)(C)Oc3ccc(Cl)cc3)CC2)nc2ccccc12. The van der Waals surface area contributed by atoms with Crippen LogP contribution in [0.5, 0.6) is 5.75 Å². The smallest absolute Gasteiger partial charge is 0.266 e. The zero-order valence-electron chi connectivity index (χ0n) is 17.6. The maximum atomic E-state index is 13.1. The Morgan fingerprint density at radius 1 is 1.03 bits per heavy atom. The zero-order valence-corrected chi connectivity index (χ0v) is 18.3. The standard InChI is InChI=1S/C24H26ClN3O2/c1-17-16-22(26-21-7-5-4-6-20(17)21)27-12-14-28(15-13-27)23(29)24(2,3)30-19-10-8-18(25)9-11-19/h4-11,16H,12-15H2,1-3H3. The Bertz CT molecular complexity index is 1060. The van der Waals surface area contributed by atoms with E-state index < -0.39 is 5.60 Å². The molecule has 0 saturated carbocycles.